The van der Waals surface area contributed by atoms with Crippen LogP contribution in [0.25, 0.3) is 0 Å². The Morgan fingerprint density at radius 3 is 2.78 bits per heavy atom. The fourth-order valence-electron chi connectivity index (χ4n) is 1.56. The van der Waals surface area contributed by atoms with Crippen LogP contribution < -0.4 is 11.1 Å². The molecule has 0 spiro atoms. The van der Waals surface area contributed by atoms with Gasteiger partial charge in [0, 0.05) is 6.54 Å². The maximum absolute atomic E-state index is 11.8. The molecule has 0 aliphatic carbocycles. The van der Waals surface area contributed by atoms with Crippen molar-refractivity contribution in [1.29, 1.82) is 0 Å². The molecule has 1 rings (SSSR count). The Hall–Kier alpha value is -1.62. The number of benzene rings is 1. The minimum Gasteiger partial charge on any atom is -0.507 e. The zero-order chi connectivity index (χ0) is 13.5. The van der Waals surface area contributed by atoms with Gasteiger partial charge in [-0.2, -0.15) is 0 Å². The van der Waals surface area contributed by atoms with E-state index in [-0.39, 0.29) is 11.7 Å². The number of carbonyl (C=O) groups excluding carboxylic acids is 1. The number of rotatable bonds is 6. The van der Waals surface area contributed by atoms with Gasteiger partial charge in [0.1, 0.15) is 5.75 Å². The quantitative estimate of drug-likeness (QED) is 0.543. The minimum atomic E-state index is -0.261. The fourth-order valence-corrected chi connectivity index (χ4v) is 1.70. The van der Waals surface area contributed by atoms with Crippen LogP contribution in [0, 0.1) is 6.92 Å². The van der Waals surface area contributed by atoms with E-state index in [1.54, 1.807) is 18.2 Å². The third-order valence-corrected chi connectivity index (χ3v) is 2.74. The van der Waals surface area contributed by atoms with E-state index in [0.29, 0.717) is 23.5 Å². The summed E-state index contributed by atoms with van der Waals surface area (Å²) in [6, 6.07) is 4.98. The average Bonchev–Trinajstić information content (AvgIpc) is 2.27. The van der Waals surface area contributed by atoms with E-state index in [1.165, 1.54) is 0 Å². The molecule has 0 saturated heterocycles. The maximum Gasteiger partial charge on any atom is 0.255 e. The van der Waals surface area contributed by atoms with E-state index in [0.717, 1.165) is 18.4 Å². The predicted octanol–water partition coefficient (Wildman–Crippen LogP) is 1.89. The normalized spacial score (nSPS) is 10.1. The largest absolute Gasteiger partial charge is 0.507 e. The Labute approximate surface area is 112 Å². The van der Waals surface area contributed by atoms with Gasteiger partial charge >= 0.3 is 0 Å². The lowest BCUT2D eigenvalue weighted by molar-refractivity contribution is 0.0950. The second-order valence-electron chi connectivity index (χ2n) is 4.20. The number of amides is 1. The molecule has 4 nitrogen and oxygen atoms in total. The predicted molar refractivity (Wildman–Crippen MR) is 75.8 cm³/mol. The van der Waals surface area contributed by atoms with Crippen LogP contribution in [-0.2, 0) is 0 Å². The van der Waals surface area contributed by atoms with Crippen molar-refractivity contribution < 1.29 is 9.90 Å². The molecule has 1 aromatic carbocycles. The Kier molecular flexibility index (Phi) is 5.58. The summed E-state index contributed by atoms with van der Waals surface area (Å²) < 4.78 is 0. The first-order valence-corrected chi connectivity index (χ1v) is 6.27. The van der Waals surface area contributed by atoms with Gasteiger partial charge in [-0.1, -0.05) is 18.3 Å². The van der Waals surface area contributed by atoms with Gasteiger partial charge < -0.3 is 16.2 Å². The number of carbonyl (C=O) groups is 1. The van der Waals surface area contributed by atoms with Gasteiger partial charge in [-0.3, -0.25) is 4.79 Å². The molecule has 18 heavy (non-hydrogen) atoms. The topological polar surface area (TPSA) is 75.4 Å². The first-order valence-electron chi connectivity index (χ1n) is 5.87. The SMILES string of the molecule is Cc1ccc(C(=O)NCCCCC(N)=S)c(O)c1. The van der Waals surface area contributed by atoms with Crippen molar-refractivity contribution in [2.45, 2.75) is 26.2 Å². The number of aromatic hydroxyl groups is 1. The first kappa shape index (κ1) is 14.4. The lowest BCUT2D eigenvalue weighted by Gasteiger charge is -2.07. The summed E-state index contributed by atoms with van der Waals surface area (Å²) in [5.74, 6) is -0.251. The van der Waals surface area contributed by atoms with Gasteiger partial charge in [0.2, 0.25) is 0 Å². The third kappa shape index (κ3) is 4.71. The molecule has 98 valence electrons. The van der Waals surface area contributed by atoms with Crippen LogP contribution in [0.15, 0.2) is 18.2 Å². The lowest BCUT2D eigenvalue weighted by atomic mass is 10.1. The number of nitrogens with one attached hydrogen (secondary N) is 1. The van der Waals surface area contributed by atoms with Crippen LogP contribution in [0.3, 0.4) is 0 Å². The molecule has 0 fully saturated rings. The van der Waals surface area contributed by atoms with Crippen LogP contribution in [-0.4, -0.2) is 22.5 Å². The van der Waals surface area contributed by atoms with E-state index in [9.17, 15) is 9.90 Å². The van der Waals surface area contributed by atoms with Gasteiger partial charge in [-0.05, 0) is 43.9 Å². The van der Waals surface area contributed by atoms with Gasteiger partial charge in [-0.15, -0.1) is 0 Å². The zero-order valence-corrected chi connectivity index (χ0v) is 11.2. The van der Waals surface area contributed by atoms with Crippen molar-refractivity contribution in [1.82, 2.24) is 5.32 Å². The van der Waals surface area contributed by atoms with Crippen LogP contribution in [0.1, 0.15) is 35.2 Å². The van der Waals surface area contributed by atoms with Crippen molar-refractivity contribution in [3.8, 4) is 5.75 Å². The summed E-state index contributed by atoms with van der Waals surface area (Å²) in [4.78, 5) is 12.2. The second-order valence-corrected chi connectivity index (χ2v) is 4.72. The highest BCUT2D eigenvalue weighted by molar-refractivity contribution is 7.80. The molecule has 0 heterocycles. The molecule has 0 unspecified atom stereocenters. The monoisotopic (exact) mass is 266 g/mol. The zero-order valence-electron chi connectivity index (χ0n) is 10.4. The number of nitrogens with two attached hydrogens (primary N) is 1. The van der Waals surface area contributed by atoms with Crippen molar-refractivity contribution in [3.63, 3.8) is 0 Å². The van der Waals surface area contributed by atoms with E-state index in [2.05, 4.69) is 5.32 Å². The molecule has 0 aliphatic heterocycles. The maximum atomic E-state index is 11.8. The third-order valence-electron chi connectivity index (χ3n) is 2.53. The number of unbranched alkanes of at least 4 members (excludes halogenated alkanes) is 1. The van der Waals surface area contributed by atoms with Gasteiger partial charge in [0.05, 0.1) is 10.6 Å². The number of hydrogen-bond donors (Lipinski definition) is 3. The summed E-state index contributed by atoms with van der Waals surface area (Å²) in [6.07, 6.45) is 2.37. The number of aryl methyl sites for hydroxylation is 1. The molecule has 5 heteroatoms. The molecule has 0 aliphatic rings. The highest BCUT2D eigenvalue weighted by atomic mass is 32.1. The smallest absolute Gasteiger partial charge is 0.255 e. The number of hydrogen-bond acceptors (Lipinski definition) is 3. The Balaban J connectivity index is 2.39. The standard InChI is InChI=1S/C13H18N2O2S/c1-9-5-6-10(11(16)8-9)13(17)15-7-3-2-4-12(14)18/h5-6,8,16H,2-4,7H2,1H3,(H2,14,18)(H,15,17). The van der Waals surface area contributed by atoms with Crippen LogP contribution in [0.4, 0.5) is 0 Å². The molecule has 0 atom stereocenters. The summed E-state index contributed by atoms with van der Waals surface area (Å²) >= 11 is 4.76. The summed E-state index contributed by atoms with van der Waals surface area (Å²) in [7, 11) is 0. The van der Waals surface area contributed by atoms with Crippen LogP contribution in [0.2, 0.25) is 0 Å². The van der Waals surface area contributed by atoms with E-state index >= 15 is 0 Å². The number of phenolic OH excluding ortho intramolecular Hbond substituents is 1. The first-order chi connectivity index (χ1) is 8.50. The fraction of sp³-hybridized carbons (Fsp3) is 0.385. The molecule has 4 N–H and O–H groups in total. The summed E-state index contributed by atoms with van der Waals surface area (Å²) in [5, 5.41) is 12.4. The highest BCUT2D eigenvalue weighted by Gasteiger charge is 2.09. The minimum absolute atomic E-state index is 0.00985. The van der Waals surface area contributed by atoms with Crippen molar-refractivity contribution in [3.05, 3.63) is 29.3 Å². The van der Waals surface area contributed by atoms with Gasteiger partial charge in [-0.25, -0.2) is 0 Å². The van der Waals surface area contributed by atoms with E-state index in [1.807, 2.05) is 6.92 Å². The summed E-state index contributed by atoms with van der Waals surface area (Å²) in [6.45, 7) is 2.41. The lowest BCUT2D eigenvalue weighted by Crippen LogP contribution is -2.24. The second kappa shape index (κ2) is 6.96. The molecule has 1 aromatic rings. The molecule has 0 bridgehead atoms. The molecule has 0 saturated carbocycles. The molecule has 0 radical (unpaired) electrons. The van der Waals surface area contributed by atoms with Gasteiger partial charge in [0.15, 0.2) is 0 Å². The average molecular weight is 266 g/mol. The molecule has 1 amide bonds. The number of thiocarbonyl (C=S) groups is 1. The van der Waals surface area contributed by atoms with Crippen molar-refractivity contribution in [2.24, 2.45) is 5.73 Å². The highest BCUT2D eigenvalue weighted by Crippen LogP contribution is 2.17. The Morgan fingerprint density at radius 2 is 2.17 bits per heavy atom. The van der Waals surface area contributed by atoms with E-state index in [4.69, 9.17) is 18.0 Å². The molecular weight excluding hydrogens is 248 g/mol. The Bertz CT molecular complexity index is 447. The Morgan fingerprint density at radius 1 is 1.44 bits per heavy atom. The van der Waals surface area contributed by atoms with E-state index < -0.39 is 0 Å². The molecular formula is C13H18N2O2S. The number of phenols is 1. The van der Waals surface area contributed by atoms with Crippen molar-refractivity contribution >= 4 is 23.1 Å². The van der Waals surface area contributed by atoms with Crippen LogP contribution >= 0.6 is 12.2 Å². The van der Waals surface area contributed by atoms with Crippen LogP contribution in [0.5, 0.6) is 5.75 Å². The van der Waals surface area contributed by atoms with Gasteiger partial charge in [0.25, 0.3) is 5.91 Å². The molecule has 0 aromatic heterocycles. The van der Waals surface area contributed by atoms with Crippen molar-refractivity contribution in [2.75, 3.05) is 6.54 Å². The summed E-state index contributed by atoms with van der Waals surface area (Å²) in [5.41, 5.74) is 6.59.